The number of hydrogen-bond acceptors (Lipinski definition) is 2. The molecule has 0 atom stereocenters. The first-order valence-electron chi connectivity index (χ1n) is 6.04. The lowest BCUT2D eigenvalue weighted by atomic mass is 10.00. The van der Waals surface area contributed by atoms with Crippen LogP contribution in [0, 0.1) is 0 Å². The Morgan fingerprint density at radius 3 is 2.47 bits per heavy atom. The van der Waals surface area contributed by atoms with E-state index in [1.165, 1.54) is 4.57 Å². The third kappa shape index (κ3) is 1.95. The molecule has 0 unspecified atom stereocenters. The summed E-state index contributed by atoms with van der Waals surface area (Å²) in [5, 5.41) is 0.181. The van der Waals surface area contributed by atoms with E-state index in [4.69, 9.17) is 11.6 Å². The van der Waals surface area contributed by atoms with Crippen LogP contribution in [0.2, 0.25) is 5.15 Å². The summed E-state index contributed by atoms with van der Waals surface area (Å²) in [4.78, 5) is 26.8. The van der Waals surface area contributed by atoms with Gasteiger partial charge in [-0.05, 0) is 26.2 Å². The summed E-state index contributed by atoms with van der Waals surface area (Å²) < 4.78 is 1.37. The first kappa shape index (κ1) is 12.4. The fourth-order valence-electron chi connectivity index (χ4n) is 2.70. The van der Waals surface area contributed by atoms with Crippen molar-refractivity contribution >= 4 is 11.6 Å². The predicted molar refractivity (Wildman–Crippen MR) is 67.8 cm³/mol. The number of nitrogens with one attached hydrogen (secondary N) is 1. The summed E-state index contributed by atoms with van der Waals surface area (Å²) >= 11 is 5.89. The van der Waals surface area contributed by atoms with Gasteiger partial charge >= 0.3 is 5.69 Å². The maximum atomic E-state index is 12.3. The van der Waals surface area contributed by atoms with E-state index in [-0.39, 0.29) is 21.9 Å². The molecule has 1 N–H and O–H groups in total. The second-order valence-corrected chi connectivity index (χ2v) is 5.30. The number of H-pyrrole nitrogens is 1. The number of nitrogens with zero attached hydrogens (tertiary/aromatic N) is 1. The van der Waals surface area contributed by atoms with Crippen molar-refractivity contribution in [1.82, 2.24) is 9.55 Å². The van der Waals surface area contributed by atoms with E-state index in [9.17, 15) is 9.59 Å². The lowest BCUT2D eigenvalue weighted by Gasteiger charge is -2.26. The summed E-state index contributed by atoms with van der Waals surface area (Å²) in [6.07, 6.45) is 4.41. The average molecular weight is 257 g/mol. The minimum atomic E-state index is -0.387. The zero-order valence-corrected chi connectivity index (χ0v) is 10.9. The quantitative estimate of drug-likeness (QED) is 0.824. The van der Waals surface area contributed by atoms with Crippen molar-refractivity contribution in [2.45, 2.75) is 51.5 Å². The highest BCUT2D eigenvalue weighted by atomic mass is 35.5. The summed E-state index contributed by atoms with van der Waals surface area (Å²) in [7, 11) is 0. The molecule has 0 aromatic carbocycles. The van der Waals surface area contributed by atoms with Crippen LogP contribution in [0.25, 0.3) is 0 Å². The first-order chi connectivity index (χ1) is 7.99. The molecule has 1 saturated carbocycles. The highest BCUT2D eigenvalue weighted by molar-refractivity contribution is 6.30. The number of aromatic amines is 1. The van der Waals surface area contributed by atoms with Crippen molar-refractivity contribution in [2.24, 2.45) is 0 Å². The van der Waals surface area contributed by atoms with Crippen LogP contribution in [-0.4, -0.2) is 9.55 Å². The van der Waals surface area contributed by atoms with Gasteiger partial charge in [0.1, 0.15) is 5.15 Å². The number of rotatable bonds is 2. The van der Waals surface area contributed by atoms with Gasteiger partial charge in [-0.15, -0.1) is 0 Å². The average Bonchev–Trinajstić information content (AvgIpc) is 2.65. The van der Waals surface area contributed by atoms with E-state index in [1.54, 1.807) is 0 Å². The molecule has 0 amide bonds. The van der Waals surface area contributed by atoms with E-state index >= 15 is 0 Å². The molecular formula is C12H17ClN2O2. The van der Waals surface area contributed by atoms with Crippen LogP contribution < -0.4 is 11.2 Å². The molecule has 0 bridgehead atoms. The van der Waals surface area contributed by atoms with Crippen LogP contribution in [-0.2, 0) is 12.0 Å². The van der Waals surface area contributed by atoms with Crippen molar-refractivity contribution in [3.05, 3.63) is 31.6 Å². The Morgan fingerprint density at radius 1 is 1.35 bits per heavy atom. The third-order valence-corrected chi connectivity index (χ3v) is 4.04. The monoisotopic (exact) mass is 256 g/mol. The summed E-state index contributed by atoms with van der Waals surface area (Å²) in [5.74, 6) is 0. The maximum Gasteiger partial charge on any atom is 0.330 e. The molecular weight excluding hydrogens is 240 g/mol. The van der Waals surface area contributed by atoms with Crippen molar-refractivity contribution < 1.29 is 0 Å². The molecule has 0 spiro atoms. The zero-order chi connectivity index (χ0) is 12.6. The molecule has 0 aliphatic heterocycles. The van der Waals surface area contributed by atoms with Crippen molar-refractivity contribution in [3.63, 3.8) is 0 Å². The van der Waals surface area contributed by atoms with E-state index in [0.717, 1.165) is 25.7 Å². The Labute approximate surface area is 105 Å². The largest absolute Gasteiger partial charge is 0.330 e. The van der Waals surface area contributed by atoms with Gasteiger partial charge in [0.2, 0.25) is 0 Å². The van der Waals surface area contributed by atoms with Crippen molar-refractivity contribution in [1.29, 1.82) is 0 Å². The Hall–Kier alpha value is -1.03. The normalized spacial score (nSPS) is 18.5. The summed E-state index contributed by atoms with van der Waals surface area (Å²) in [5.41, 5.74) is -0.467. The van der Waals surface area contributed by atoms with Gasteiger partial charge in [-0.2, -0.15) is 0 Å². The fourth-order valence-corrected chi connectivity index (χ4v) is 3.00. The zero-order valence-electron chi connectivity index (χ0n) is 10.2. The van der Waals surface area contributed by atoms with Gasteiger partial charge in [0, 0.05) is 5.54 Å². The molecule has 1 heterocycles. The van der Waals surface area contributed by atoms with Crippen LogP contribution in [0.1, 0.15) is 45.1 Å². The van der Waals surface area contributed by atoms with Crippen LogP contribution in [0.4, 0.5) is 0 Å². The topological polar surface area (TPSA) is 54.9 Å². The smallest absolute Gasteiger partial charge is 0.297 e. The van der Waals surface area contributed by atoms with Gasteiger partial charge in [-0.25, -0.2) is 4.79 Å². The van der Waals surface area contributed by atoms with Gasteiger partial charge in [0.05, 0.1) is 5.56 Å². The molecule has 5 heteroatoms. The second-order valence-electron chi connectivity index (χ2n) is 4.92. The predicted octanol–water partition coefficient (Wildman–Crippen LogP) is 2.04. The minimum absolute atomic E-state index is 0.181. The van der Waals surface area contributed by atoms with Crippen molar-refractivity contribution in [2.75, 3.05) is 0 Å². The highest BCUT2D eigenvalue weighted by Crippen LogP contribution is 2.34. The molecule has 0 radical (unpaired) electrons. The molecule has 1 aliphatic rings. The van der Waals surface area contributed by atoms with E-state index < -0.39 is 0 Å². The van der Waals surface area contributed by atoms with E-state index in [0.29, 0.717) is 12.0 Å². The van der Waals surface area contributed by atoms with Crippen molar-refractivity contribution in [3.8, 4) is 0 Å². The Bertz CT molecular complexity index is 538. The lowest BCUT2D eigenvalue weighted by Crippen LogP contribution is -2.47. The van der Waals surface area contributed by atoms with E-state index in [2.05, 4.69) is 4.98 Å². The molecule has 94 valence electrons. The number of halogens is 1. The second kappa shape index (κ2) is 4.33. The molecule has 1 aromatic heterocycles. The maximum absolute atomic E-state index is 12.3. The number of hydrogen-bond donors (Lipinski definition) is 1. The van der Waals surface area contributed by atoms with Crippen LogP contribution in [0.3, 0.4) is 0 Å². The van der Waals surface area contributed by atoms with Crippen LogP contribution in [0.15, 0.2) is 9.59 Å². The molecule has 1 fully saturated rings. The van der Waals surface area contributed by atoms with Gasteiger partial charge in [0.15, 0.2) is 0 Å². The highest BCUT2D eigenvalue weighted by Gasteiger charge is 2.34. The molecule has 1 aromatic rings. The molecule has 0 saturated heterocycles. The van der Waals surface area contributed by atoms with Gasteiger partial charge in [0.25, 0.3) is 5.56 Å². The minimum Gasteiger partial charge on any atom is -0.297 e. The van der Waals surface area contributed by atoms with Gasteiger partial charge in [-0.1, -0.05) is 31.4 Å². The number of aromatic nitrogens is 2. The standard InChI is InChI=1S/C12H17ClN2O2/c1-3-8-9(13)14-11(17)15(10(8)16)12(2)6-4-5-7-12/h3-7H2,1-2H3,(H,14,17). The lowest BCUT2D eigenvalue weighted by molar-refractivity contribution is 0.304. The summed E-state index contributed by atoms with van der Waals surface area (Å²) in [6, 6.07) is 0. The molecule has 17 heavy (non-hydrogen) atoms. The van der Waals surface area contributed by atoms with Gasteiger partial charge < -0.3 is 0 Å². The fraction of sp³-hybridized carbons (Fsp3) is 0.667. The summed E-state index contributed by atoms with van der Waals surface area (Å²) in [6.45, 7) is 3.84. The molecule has 4 nitrogen and oxygen atoms in total. The SMILES string of the molecule is CCc1c(Cl)[nH]c(=O)n(C2(C)CCCC2)c1=O. The molecule has 2 rings (SSSR count). The van der Waals surface area contributed by atoms with Gasteiger partial charge in [-0.3, -0.25) is 14.3 Å². The Kier molecular flexibility index (Phi) is 3.17. The first-order valence-corrected chi connectivity index (χ1v) is 6.41. The van der Waals surface area contributed by atoms with E-state index in [1.807, 2.05) is 13.8 Å². The third-order valence-electron chi connectivity index (χ3n) is 3.72. The Morgan fingerprint density at radius 2 is 1.94 bits per heavy atom. The van der Waals surface area contributed by atoms with Crippen LogP contribution in [0.5, 0.6) is 0 Å². The van der Waals surface area contributed by atoms with Crippen LogP contribution >= 0.6 is 11.6 Å². The molecule has 1 aliphatic carbocycles. The Balaban J connectivity index is 2.70.